The number of unbranched alkanes of at least 4 members (excludes halogenated alkanes) is 12. The van der Waals surface area contributed by atoms with Crippen LogP contribution in [0.2, 0.25) is 0 Å². The van der Waals surface area contributed by atoms with E-state index in [1.807, 2.05) is 6.08 Å². The second-order valence-corrected chi connectivity index (χ2v) is 11.0. The molecule has 1 atom stereocenters. The minimum absolute atomic E-state index is 0.0853. The van der Waals surface area contributed by atoms with Crippen molar-refractivity contribution in [3.8, 4) is 0 Å². The molecule has 0 aromatic carbocycles. The SMILES string of the molecule is CC/C=C\C/C=C\C/C=C\C/C=C\CCCCCCCCCCC(=O)OC(/C=C\CCC)CCCCCCC(=O)O. The average Bonchev–Trinajstić information content (AvgIpc) is 2.95. The van der Waals surface area contributed by atoms with Gasteiger partial charge >= 0.3 is 11.9 Å². The topological polar surface area (TPSA) is 63.6 Å². The summed E-state index contributed by atoms with van der Waals surface area (Å²) in [5.74, 6) is -0.814. The first-order valence-electron chi connectivity index (χ1n) is 16.8. The fourth-order valence-electron chi connectivity index (χ4n) is 4.50. The fourth-order valence-corrected chi connectivity index (χ4v) is 4.50. The molecule has 1 unspecified atom stereocenters. The van der Waals surface area contributed by atoms with Gasteiger partial charge in [-0.15, -0.1) is 0 Å². The smallest absolute Gasteiger partial charge is 0.306 e. The quantitative estimate of drug-likeness (QED) is 0.0552. The molecule has 0 aliphatic carbocycles. The van der Waals surface area contributed by atoms with Crippen molar-refractivity contribution in [3.05, 3.63) is 60.8 Å². The van der Waals surface area contributed by atoms with Crippen LogP contribution < -0.4 is 0 Å². The summed E-state index contributed by atoms with van der Waals surface area (Å²) in [6.07, 6.45) is 44.2. The molecule has 0 bridgehead atoms. The highest BCUT2D eigenvalue weighted by Gasteiger charge is 2.11. The normalized spacial score (nSPS) is 13.0. The molecule has 0 fully saturated rings. The highest BCUT2D eigenvalue weighted by atomic mass is 16.5. The van der Waals surface area contributed by atoms with E-state index in [4.69, 9.17) is 9.84 Å². The monoisotopic (exact) mass is 570 g/mol. The third kappa shape index (κ3) is 32.0. The van der Waals surface area contributed by atoms with Crippen LogP contribution in [-0.4, -0.2) is 23.1 Å². The van der Waals surface area contributed by atoms with Crippen LogP contribution in [0.15, 0.2) is 60.8 Å². The Hall–Kier alpha value is -2.36. The van der Waals surface area contributed by atoms with Gasteiger partial charge in [-0.05, 0) is 76.7 Å². The van der Waals surface area contributed by atoms with Crippen LogP contribution in [0.5, 0.6) is 0 Å². The van der Waals surface area contributed by atoms with E-state index in [1.165, 1.54) is 44.9 Å². The molecule has 41 heavy (non-hydrogen) atoms. The van der Waals surface area contributed by atoms with Gasteiger partial charge in [0.2, 0.25) is 0 Å². The van der Waals surface area contributed by atoms with Gasteiger partial charge in [-0.1, -0.05) is 126 Å². The number of esters is 1. The van der Waals surface area contributed by atoms with Gasteiger partial charge in [0, 0.05) is 12.8 Å². The Bertz CT molecular complexity index is 744. The molecular weight excluding hydrogens is 508 g/mol. The van der Waals surface area contributed by atoms with Crippen molar-refractivity contribution in [1.29, 1.82) is 0 Å². The Morgan fingerprint density at radius 1 is 0.585 bits per heavy atom. The van der Waals surface area contributed by atoms with Gasteiger partial charge < -0.3 is 9.84 Å². The standard InChI is InChI=1S/C37H62O4/c1-3-5-7-8-9-10-11-12-13-14-15-16-17-18-19-20-21-22-23-24-30-34-37(40)41-35(31-27-6-4-2)32-28-25-26-29-33-36(38)39/h5,7,9-10,12-13,15-16,27,31,35H,3-4,6,8,11,14,17-26,28-30,32-34H2,1-2H3,(H,38,39)/b7-5-,10-9-,13-12-,16-15-,31-27-. The minimum Gasteiger partial charge on any atom is -0.481 e. The maximum atomic E-state index is 12.4. The molecule has 4 heteroatoms. The van der Waals surface area contributed by atoms with E-state index in [0.717, 1.165) is 83.5 Å². The lowest BCUT2D eigenvalue weighted by atomic mass is 10.1. The fraction of sp³-hybridized carbons (Fsp3) is 0.676. The van der Waals surface area contributed by atoms with Crippen LogP contribution in [-0.2, 0) is 14.3 Å². The zero-order valence-electron chi connectivity index (χ0n) is 26.6. The Morgan fingerprint density at radius 2 is 1.10 bits per heavy atom. The number of hydrogen-bond donors (Lipinski definition) is 1. The first-order valence-corrected chi connectivity index (χ1v) is 16.8. The Morgan fingerprint density at radius 3 is 1.68 bits per heavy atom. The predicted octanol–water partition coefficient (Wildman–Crippen LogP) is 11.4. The van der Waals surface area contributed by atoms with E-state index >= 15 is 0 Å². The number of hydrogen-bond acceptors (Lipinski definition) is 3. The van der Waals surface area contributed by atoms with Gasteiger partial charge in [0.25, 0.3) is 0 Å². The molecule has 1 N–H and O–H groups in total. The van der Waals surface area contributed by atoms with Crippen LogP contribution in [0, 0.1) is 0 Å². The molecule has 0 heterocycles. The summed E-state index contributed by atoms with van der Waals surface area (Å²) in [6.45, 7) is 4.30. The molecule has 0 saturated heterocycles. The van der Waals surface area contributed by atoms with Crippen molar-refractivity contribution in [2.24, 2.45) is 0 Å². The molecule has 0 aromatic heterocycles. The number of allylic oxidation sites excluding steroid dienone is 9. The number of carbonyl (C=O) groups excluding carboxylic acids is 1. The molecule has 0 aromatic rings. The van der Waals surface area contributed by atoms with Gasteiger partial charge in [0.1, 0.15) is 6.10 Å². The van der Waals surface area contributed by atoms with Crippen LogP contribution >= 0.6 is 0 Å². The van der Waals surface area contributed by atoms with Gasteiger partial charge in [0.05, 0.1) is 0 Å². The van der Waals surface area contributed by atoms with Crippen LogP contribution in [0.1, 0.15) is 155 Å². The van der Waals surface area contributed by atoms with Gasteiger partial charge in [-0.3, -0.25) is 9.59 Å². The molecule has 0 spiro atoms. The van der Waals surface area contributed by atoms with Crippen molar-refractivity contribution in [2.45, 2.75) is 161 Å². The van der Waals surface area contributed by atoms with Crippen molar-refractivity contribution in [2.75, 3.05) is 0 Å². The second kappa shape index (κ2) is 32.2. The largest absolute Gasteiger partial charge is 0.481 e. The molecule has 0 aliphatic rings. The Labute approximate surface area is 253 Å². The van der Waals surface area contributed by atoms with Crippen molar-refractivity contribution in [3.63, 3.8) is 0 Å². The lowest BCUT2D eigenvalue weighted by Gasteiger charge is -2.14. The summed E-state index contributed by atoms with van der Waals surface area (Å²) in [5, 5.41) is 8.74. The first-order chi connectivity index (χ1) is 20.1. The van der Waals surface area contributed by atoms with E-state index in [-0.39, 0.29) is 18.5 Å². The van der Waals surface area contributed by atoms with E-state index in [1.54, 1.807) is 0 Å². The number of carbonyl (C=O) groups is 2. The summed E-state index contributed by atoms with van der Waals surface area (Å²) in [4.78, 5) is 23.0. The first kappa shape index (κ1) is 38.6. The third-order valence-corrected chi connectivity index (χ3v) is 6.94. The van der Waals surface area contributed by atoms with Crippen LogP contribution in [0.25, 0.3) is 0 Å². The summed E-state index contributed by atoms with van der Waals surface area (Å²) in [5.41, 5.74) is 0. The number of ether oxygens (including phenoxy) is 1. The number of carboxylic acids is 1. The van der Waals surface area contributed by atoms with Crippen LogP contribution in [0.3, 0.4) is 0 Å². The number of carboxylic acid groups (broad SMARTS) is 1. The zero-order valence-corrected chi connectivity index (χ0v) is 26.6. The van der Waals surface area contributed by atoms with E-state index in [0.29, 0.717) is 6.42 Å². The van der Waals surface area contributed by atoms with E-state index in [9.17, 15) is 9.59 Å². The summed E-state index contributed by atoms with van der Waals surface area (Å²) in [7, 11) is 0. The summed E-state index contributed by atoms with van der Waals surface area (Å²) in [6, 6.07) is 0. The molecule has 0 rings (SSSR count). The Balaban J connectivity index is 3.73. The lowest BCUT2D eigenvalue weighted by Crippen LogP contribution is -2.16. The van der Waals surface area contributed by atoms with Crippen LogP contribution in [0.4, 0.5) is 0 Å². The van der Waals surface area contributed by atoms with Crippen molar-refractivity contribution < 1.29 is 19.4 Å². The number of aliphatic carboxylic acids is 1. The Kier molecular flexibility index (Phi) is 30.3. The van der Waals surface area contributed by atoms with Crippen molar-refractivity contribution in [1.82, 2.24) is 0 Å². The minimum atomic E-state index is -0.729. The predicted molar refractivity (Wildman–Crippen MR) is 176 cm³/mol. The highest BCUT2D eigenvalue weighted by molar-refractivity contribution is 5.69. The number of rotatable bonds is 29. The molecule has 234 valence electrons. The third-order valence-electron chi connectivity index (χ3n) is 6.94. The van der Waals surface area contributed by atoms with E-state index in [2.05, 4.69) is 68.5 Å². The summed E-state index contributed by atoms with van der Waals surface area (Å²) >= 11 is 0. The van der Waals surface area contributed by atoms with E-state index < -0.39 is 5.97 Å². The van der Waals surface area contributed by atoms with Gasteiger partial charge in [0.15, 0.2) is 0 Å². The maximum absolute atomic E-state index is 12.4. The maximum Gasteiger partial charge on any atom is 0.306 e. The lowest BCUT2D eigenvalue weighted by molar-refractivity contribution is -0.147. The molecule has 0 aliphatic heterocycles. The average molecular weight is 571 g/mol. The van der Waals surface area contributed by atoms with Crippen molar-refractivity contribution >= 4 is 11.9 Å². The van der Waals surface area contributed by atoms with Gasteiger partial charge in [-0.25, -0.2) is 0 Å². The molecule has 4 nitrogen and oxygen atoms in total. The molecule has 0 saturated carbocycles. The molecular formula is C37H62O4. The molecule has 0 radical (unpaired) electrons. The van der Waals surface area contributed by atoms with Gasteiger partial charge in [-0.2, -0.15) is 0 Å². The second-order valence-electron chi connectivity index (χ2n) is 11.0. The molecule has 0 amide bonds. The highest BCUT2D eigenvalue weighted by Crippen LogP contribution is 2.15. The summed E-state index contributed by atoms with van der Waals surface area (Å²) < 4.78 is 5.75. The zero-order chi connectivity index (χ0) is 30.1.